The highest BCUT2D eigenvalue weighted by Gasteiger charge is 2.38. The molecule has 0 N–H and O–H groups in total. The van der Waals surface area contributed by atoms with Gasteiger partial charge < -0.3 is 9.26 Å². The van der Waals surface area contributed by atoms with Crippen LogP contribution in [0.5, 0.6) is 0 Å². The zero-order valence-corrected chi connectivity index (χ0v) is 18.7. The molecule has 1 saturated carbocycles. The number of ether oxygens (including phenoxy) is 1. The zero-order chi connectivity index (χ0) is 22.0. The van der Waals surface area contributed by atoms with Crippen LogP contribution in [0, 0.1) is 0 Å². The Balaban J connectivity index is 1.74. The van der Waals surface area contributed by atoms with E-state index in [0.717, 1.165) is 24.0 Å². The molecule has 1 heterocycles. The van der Waals surface area contributed by atoms with Gasteiger partial charge in [0.25, 0.3) is 0 Å². The van der Waals surface area contributed by atoms with Crippen molar-refractivity contribution in [1.29, 1.82) is 0 Å². The van der Waals surface area contributed by atoms with Crippen molar-refractivity contribution in [2.75, 3.05) is 6.26 Å². The number of ketones is 1. The number of nitrogens with zero attached hydrogens (tertiary/aromatic N) is 1. The molecule has 2 aromatic carbocycles. The number of esters is 1. The molecule has 0 unspecified atom stereocenters. The fourth-order valence-electron chi connectivity index (χ4n) is 3.64. The minimum absolute atomic E-state index is 0.0279. The molecule has 31 heavy (non-hydrogen) atoms. The number of carbonyl (C=O) groups is 2. The number of benzene rings is 2. The predicted octanol–water partition coefficient (Wildman–Crippen LogP) is 5.66. The average Bonchev–Trinajstić information content (AvgIpc) is 3.51. The van der Waals surface area contributed by atoms with Crippen LogP contribution in [0.3, 0.4) is 0 Å². The van der Waals surface area contributed by atoms with Gasteiger partial charge in [-0.3, -0.25) is 4.79 Å². The molecule has 3 aromatic rings. The molecule has 1 fully saturated rings. The Morgan fingerprint density at radius 3 is 2.45 bits per heavy atom. The van der Waals surface area contributed by atoms with E-state index in [4.69, 9.17) is 9.26 Å². The van der Waals surface area contributed by atoms with Gasteiger partial charge in [0.1, 0.15) is 5.56 Å². The third kappa shape index (κ3) is 4.59. The molecular weight excluding hydrogens is 410 g/mol. The normalized spacial score (nSPS) is 13.4. The summed E-state index contributed by atoms with van der Waals surface area (Å²) in [6, 6.07) is 15.7. The summed E-state index contributed by atoms with van der Waals surface area (Å²) in [7, 11) is 0. The van der Waals surface area contributed by atoms with Crippen LogP contribution in [0.25, 0.3) is 0 Å². The van der Waals surface area contributed by atoms with E-state index < -0.39 is 5.97 Å². The summed E-state index contributed by atoms with van der Waals surface area (Å²) < 4.78 is 10.8. The van der Waals surface area contributed by atoms with Gasteiger partial charge in [0.2, 0.25) is 5.69 Å². The van der Waals surface area contributed by atoms with Crippen molar-refractivity contribution < 1.29 is 18.8 Å². The molecule has 0 atom stereocenters. The Hall–Kier alpha value is -2.86. The molecule has 6 heteroatoms. The second-order valence-corrected chi connectivity index (χ2v) is 8.82. The van der Waals surface area contributed by atoms with Crippen molar-refractivity contribution in [3.8, 4) is 0 Å². The van der Waals surface area contributed by atoms with E-state index in [1.165, 1.54) is 4.90 Å². The van der Waals surface area contributed by atoms with E-state index in [9.17, 15) is 9.59 Å². The van der Waals surface area contributed by atoms with Gasteiger partial charge in [0.05, 0.1) is 6.10 Å². The number of rotatable bonds is 8. The number of hydrogen-bond donors (Lipinski definition) is 0. The maximum absolute atomic E-state index is 13.7. The smallest absolute Gasteiger partial charge is 0.361 e. The van der Waals surface area contributed by atoms with Gasteiger partial charge in [-0.1, -0.05) is 47.6 Å². The quantitative estimate of drug-likeness (QED) is 0.258. The monoisotopic (exact) mass is 435 g/mol. The van der Waals surface area contributed by atoms with Crippen LogP contribution in [0.1, 0.15) is 75.9 Å². The second-order valence-electron chi connectivity index (χ2n) is 7.97. The third-order valence-electron chi connectivity index (χ3n) is 5.27. The molecule has 0 bridgehead atoms. The van der Waals surface area contributed by atoms with Gasteiger partial charge >= 0.3 is 5.97 Å². The van der Waals surface area contributed by atoms with E-state index in [2.05, 4.69) is 17.3 Å². The van der Waals surface area contributed by atoms with Crippen LogP contribution in [0.4, 0.5) is 0 Å². The fourth-order valence-corrected chi connectivity index (χ4v) is 4.26. The molecule has 1 aromatic heterocycles. The molecule has 4 rings (SSSR count). The number of thioether (sulfide) groups is 1. The van der Waals surface area contributed by atoms with Gasteiger partial charge in [-0.15, -0.1) is 11.8 Å². The lowest BCUT2D eigenvalue weighted by Gasteiger charge is -2.12. The highest BCUT2D eigenvalue weighted by atomic mass is 32.2. The van der Waals surface area contributed by atoms with Crippen molar-refractivity contribution in [2.45, 2.75) is 50.0 Å². The summed E-state index contributed by atoms with van der Waals surface area (Å²) >= 11 is 1.68. The standard InChI is InChI=1S/C25H25NO4S/c1-15(2)29-25(28)22-21(24(30-26-22)16-12-13-16)23(27)19-10-6-4-8-17(19)14-18-9-5-7-11-20(18)31-3/h4-11,15-16H,12-14H2,1-3H3. The SMILES string of the molecule is CSc1ccccc1Cc1ccccc1C(=O)c1c(C(=O)OC(C)C)noc1C1CC1. The van der Waals surface area contributed by atoms with Gasteiger partial charge in [0.15, 0.2) is 11.5 Å². The van der Waals surface area contributed by atoms with E-state index in [-0.39, 0.29) is 29.1 Å². The Bertz CT molecular complexity index is 1110. The first-order valence-corrected chi connectivity index (χ1v) is 11.7. The Morgan fingerprint density at radius 1 is 1.10 bits per heavy atom. The van der Waals surface area contributed by atoms with E-state index in [1.54, 1.807) is 31.7 Å². The van der Waals surface area contributed by atoms with Crippen molar-refractivity contribution in [3.63, 3.8) is 0 Å². The van der Waals surface area contributed by atoms with Gasteiger partial charge in [-0.2, -0.15) is 0 Å². The highest BCUT2D eigenvalue weighted by Crippen LogP contribution is 2.43. The van der Waals surface area contributed by atoms with Crippen LogP contribution >= 0.6 is 11.8 Å². The first kappa shape index (κ1) is 21.4. The van der Waals surface area contributed by atoms with E-state index in [1.807, 2.05) is 36.6 Å². The maximum atomic E-state index is 13.7. The van der Waals surface area contributed by atoms with Gasteiger partial charge in [0, 0.05) is 16.4 Å². The summed E-state index contributed by atoms with van der Waals surface area (Å²) in [6.45, 7) is 3.53. The molecule has 5 nitrogen and oxygen atoms in total. The van der Waals surface area contributed by atoms with Crippen LogP contribution in [-0.2, 0) is 11.2 Å². The lowest BCUT2D eigenvalue weighted by atomic mass is 9.92. The van der Waals surface area contributed by atoms with Crippen LogP contribution in [0.15, 0.2) is 57.9 Å². The van der Waals surface area contributed by atoms with Crippen molar-refractivity contribution in [3.05, 3.63) is 82.2 Å². The fraction of sp³-hybridized carbons (Fsp3) is 0.320. The minimum Gasteiger partial charge on any atom is -0.458 e. The lowest BCUT2D eigenvalue weighted by Crippen LogP contribution is -2.17. The summed E-state index contributed by atoms with van der Waals surface area (Å²) in [5, 5.41) is 3.94. The molecule has 0 spiro atoms. The molecular formula is C25H25NO4S. The molecule has 1 aliphatic carbocycles. The predicted molar refractivity (Wildman–Crippen MR) is 120 cm³/mol. The van der Waals surface area contributed by atoms with E-state index >= 15 is 0 Å². The zero-order valence-electron chi connectivity index (χ0n) is 17.9. The second kappa shape index (κ2) is 9.10. The molecule has 0 radical (unpaired) electrons. The maximum Gasteiger partial charge on any atom is 0.361 e. The van der Waals surface area contributed by atoms with E-state index in [0.29, 0.717) is 17.7 Å². The summed E-state index contributed by atoms with van der Waals surface area (Å²) in [4.78, 5) is 27.5. The number of aromatic nitrogens is 1. The number of carbonyl (C=O) groups excluding carboxylic acids is 2. The first-order chi connectivity index (χ1) is 15.0. The topological polar surface area (TPSA) is 69.4 Å². The highest BCUT2D eigenvalue weighted by molar-refractivity contribution is 7.98. The van der Waals surface area contributed by atoms with Crippen LogP contribution < -0.4 is 0 Å². The Morgan fingerprint density at radius 2 is 1.77 bits per heavy atom. The number of hydrogen-bond acceptors (Lipinski definition) is 6. The minimum atomic E-state index is -0.626. The molecule has 0 amide bonds. The van der Waals surface area contributed by atoms with Crippen molar-refractivity contribution in [2.24, 2.45) is 0 Å². The largest absolute Gasteiger partial charge is 0.458 e. The molecule has 0 aliphatic heterocycles. The van der Waals surface area contributed by atoms with Crippen molar-refractivity contribution in [1.82, 2.24) is 5.16 Å². The first-order valence-electron chi connectivity index (χ1n) is 10.4. The summed E-state index contributed by atoms with van der Waals surface area (Å²) in [5.74, 6) is -0.230. The summed E-state index contributed by atoms with van der Waals surface area (Å²) in [5.41, 5.74) is 2.84. The van der Waals surface area contributed by atoms with Gasteiger partial charge in [-0.05, 0) is 56.6 Å². The summed E-state index contributed by atoms with van der Waals surface area (Å²) in [6.07, 6.45) is 4.20. The Kier molecular flexibility index (Phi) is 6.28. The Labute approximate surface area is 186 Å². The molecule has 1 aliphatic rings. The van der Waals surface area contributed by atoms with Gasteiger partial charge in [-0.25, -0.2) is 4.79 Å². The lowest BCUT2D eigenvalue weighted by molar-refractivity contribution is 0.0364. The average molecular weight is 436 g/mol. The van der Waals surface area contributed by atoms with Crippen LogP contribution in [0.2, 0.25) is 0 Å². The van der Waals surface area contributed by atoms with Crippen molar-refractivity contribution >= 4 is 23.5 Å². The molecule has 160 valence electrons. The third-order valence-corrected chi connectivity index (χ3v) is 6.10. The molecule has 0 saturated heterocycles. The van der Waals surface area contributed by atoms with Crippen LogP contribution in [-0.4, -0.2) is 29.3 Å².